The van der Waals surface area contributed by atoms with E-state index in [9.17, 15) is 9.90 Å². The smallest absolute Gasteiger partial charge is 0.202 e. The number of phenols is 1. The van der Waals surface area contributed by atoms with Gasteiger partial charge in [-0.3, -0.25) is 4.79 Å². The van der Waals surface area contributed by atoms with Crippen LogP contribution in [0.2, 0.25) is 0 Å². The summed E-state index contributed by atoms with van der Waals surface area (Å²) in [7, 11) is 0. The van der Waals surface area contributed by atoms with Crippen molar-refractivity contribution in [2.24, 2.45) is 0 Å². The number of aryl methyl sites for hydroxylation is 1. The zero-order valence-corrected chi connectivity index (χ0v) is 9.51. The van der Waals surface area contributed by atoms with E-state index in [0.717, 1.165) is 0 Å². The topological polar surface area (TPSA) is 76.5 Å². The van der Waals surface area contributed by atoms with Gasteiger partial charge >= 0.3 is 0 Å². The fraction of sp³-hybridized carbons (Fsp3) is 0.0769. The van der Waals surface area contributed by atoms with E-state index in [2.05, 4.69) is 5.16 Å². The highest BCUT2D eigenvalue weighted by molar-refractivity contribution is 5.84. The van der Waals surface area contributed by atoms with Crippen molar-refractivity contribution in [3.63, 3.8) is 0 Å². The quantitative estimate of drug-likeness (QED) is 0.710. The van der Waals surface area contributed by atoms with E-state index in [4.69, 9.17) is 8.94 Å². The lowest BCUT2D eigenvalue weighted by Crippen LogP contribution is -2.05. The summed E-state index contributed by atoms with van der Waals surface area (Å²) in [6.45, 7) is 1.69. The molecule has 0 saturated heterocycles. The van der Waals surface area contributed by atoms with Gasteiger partial charge in [-0.25, -0.2) is 0 Å². The normalized spacial score (nSPS) is 10.9. The van der Waals surface area contributed by atoms with E-state index in [0.29, 0.717) is 27.8 Å². The molecule has 18 heavy (non-hydrogen) atoms. The third-order valence-corrected chi connectivity index (χ3v) is 2.87. The summed E-state index contributed by atoms with van der Waals surface area (Å²) in [5.74, 6) is 0.0971. The van der Waals surface area contributed by atoms with E-state index in [1.165, 1.54) is 24.7 Å². The molecule has 1 N–H and O–H groups in total. The number of hydrogen-bond donors (Lipinski definition) is 1. The standard InChI is InChI=1S/C13H9NO4/c1-7-11(15)3-2-8-12(16)9(6-17-13(7)8)10-4-5-18-14-10/h2-6,15H,1H3. The van der Waals surface area contributed by atoms with Gasteiger partial charge in [0.1, 0.15) is 29.6 Å². The molecule has 0 aliphatic carbocycles. The summed E-state index contributed by atoms with van der Waals surface area (Å²) in [6, 6.07) is 4.60. The van der Waals surface area contributed by atoms with E-state index < -0.39 is 0 Å². The molecule has 3 rings (SSSR count). The maximum Gasteiger partial charge on any atom is 0.202 e. The minimum absolute atomic E-state index is 0.0971. The monoisotopic (exact) mass is 243 g/mol. The van der Waals surface area contributed by atoms with Gasteiger partial charge in [0.15, 0.2) is 0 Å². The second kappa shape index (κ2) is 3.73. The Kier molecular flexibility index (Phi) is 2.19. The van der Waals surface area contributed by atoms with Gasteiger partial charge in [0.2, 0.25) is 5.43 Å². The number of hydrogen-bond acceptors (Lipinski definition) is 5. The third-order valence-electron chi connectivity index (χ3n) is 2.87. The molecule has 0 unspecified atom stereocenters. The highest BCUT2D eigenvalue weighted by atomic mass is 16.5. The van der Waals surface area contributed by atoms with Crippen LogP contribution in [0.15, 0.2) is 44.5 Å². The van der Waals surface area contributed by atoms with E-state index in [1.54, 1.807) is 13.0 Å². The summed E-state index contributed by atoms with van der Waals surface area (Å²) < 4.78 is 10.1. The van der Waals surface area contributed by atoms with Crippen LogP contribution in [0.3, 0.4) is 0 Å². The van der Waals surface area contributed by atoms with Crippen LogP contribution < -0.4 is 5.43 Å². The summed E-state index contributed by atoms with van der Waals surface area (Å²) in [4.78, 5) is 12.3. The first kappa shape index (κ1) is 10.6. The van der Waals surface area contributed by atoms with Gasteiger partial charge in [-0.05, 0) is 19.1 Å². The maximum atomic E-state index is 12.3. The lowest BCUT2D eigenvalue weighted by molar-refractivity contribution is 0.422. The first-order valence-corrected chi connectivity index (χ1v) is 5.33. The predicted octanol–water partition coefficient (Wildman–Crippen LogP) is 2.46. The number of aromatic hydroxyl groups is 1. The lowest BCUT2D eigenvalue weighted by atomic mass is 10.1. The van der Waals surface area contributed by atoms with Crippen molar-refractivity contribution in [2.75, 3.05) is 0 Å². The van der Waals surface area contributed by atoms with Crippen molar-refractivity contribution in [3.05, 3.63) is 46.5 Å². The van der Waals surface area contributed by atoms with Crippen molar-refractivity contribution in [1.82, 2.24) is 5.16 Å². The Bertz CT molecular complexity index is 772. The largest absolute Gasteiger partial charge is 0.508 e. The molecule has 3 aromatic rings. The molecular weight excluding hydrogens is 234 g/mol. The second-order valence-electron chi connectivity index (χ2n) is 3.95. The van der Waals surface area contributed by atoms with Crippen LogP contribution in [0.5, 0.6) is 5.75 Å². The van der Waals surface area contributed by atoms with Crippen molar-refractivity contribution in [2.45, 2.75) is 6.92 Å². The number of phenolic OH excluding ortho intramolecular Hbond substituents is 1. The fourth-order valence-electron chi connectivity index (χ4n) is 1.86. The first-order chi connectivity index (χ1) is 8.68. The number of aromatic nitrogens is 1. The van der Waals surface area contributed by atoms with Gasteiger partial charge in [0, 0.05) is 11.6 Å². The van der Waals surface area contributed by atoms with Gasteiger partial charge < -0.3 is 14.0 Å². The average molecular weight is 243 g/mol. The number of benzene rings is 1. The average Bonchev–Trinajstić information content (AvgIpc) is 2.88. The van der Waals surface area contributed by atoms with Gasteiger partial charge in [0.25, 0.3) is 0 Å². The molecule has 5 heteroatoms. The molecule has 0 atom stereocenters. The molecule has 0 amide bonds. The van der Waals surface area contributed by atoms with Gasteiger partial charge in [-0.15, -0.1) is 0 Å². The molecule has 0 aliphatic rings. The Labute approximate surface area is 101 Å². The van der Waals surface area contributed by atoms with Crippen molar-refractivity contribution in [1.29, 1.82) is 0 Å². The summed E-state index contributed by atoms with van der Waals surface area (Å²) in [6.07, 6.45) is 2.72. The van der Waals surface area contributed by atoms with Crippen molar-refractivity contribution in [3.8, 4) is 17.0 Å². The van der Waals surface area contributed by atoms with Gasteiger partial charge in [-0.2, -0.15) is 0 Å². The molecule has 2 aromatic heterocycles. The molecule has 0 fully saturated rings. The summed E-state index contributed by atoms with van der Waals surface area (Å²) in [5.41, 5.74) is 1.48. The van der Waals surface area contributed by atoms with E-state index in [1.807, 2.05) is 0 Å². The van der Waals surface area contributed by atoms with Crippen LogP contribution in [0, 0.1) is 6.92 Å². The second-order valence-corrected chi connectivity index (χ2v) is 3.95. The molecule has 2 heterocycles. The van der Waals surface area contributed by atoms with Gasteiger partial charge in [-0.1, -0.05) is 5.16 Å². The molecule has 5 nitrogen and oxygen atoms in total. The van der Waals surface area contributed by atoms with Crippen molar-refractivity contribution < 1.29 is 14.0 Å². The molecular formula is C13H9NO4. The Morgan fingerprint density at radius 3 is 2.83 bits per heavy atom. The van der Waals surface area contributed by atoms with E-state index >= 15 is 0 Å². The SMILES string of the molecule is Cc1c(O)ccc2c(=O)c(-c3ccon3)coc12. The summed E-state index contributed by atoms with van der Waals surface area (Å²) in [5, 5.41) is 13.7. The van der Waals surface area contributed by atoms with Crippen LogP contribution in [0.25, 0.3) is 22.2 Å². The van der Waals surface area contributed by atoms with Crippen LogP contribution in [0.4, 0.5) is 0 Å². The van der Waals surface area contributed by atoms with Crippen LogP contribution in [-0.4, -0.2) is 10.3 Å². The summed E-state index contributed by atoms with van der Waals surface area (Å²) >= 11 is 0. The minimum atomic E-state index is -0.201. The highest BCUT2D eigenvalue weighted by Crippen LogP contribution is 2.26. The van der Waals surface area contributed by atoms with Crippen molar-refractivity contribution >= 4 is 11.0 Å². The Hall–Kier alpha value is -2.56. The predicted molar refractivity (Wildman–Crippen MR) is 64.4 cm³/mol. The molecule has 0 radical (unpaired) electrons. The molecule has 0 bridgehead atoms. The minimum Gasteiger partial charge on any atom is -0.508 e. The Balaban J connectivity index is 2.38. The van der Waals surface area contributed by atoms with Crippen LogP contribution in [0.1, 0.15) is 5.56 Å². The molecule has 1 aromatic carbocycles. The van der Waals surface area contributed by atoms with Crippen LogP contribution in [-0.2, 0) is 0 Å². The number of rotatable bonds is 1. The van der Waals surface area contributed by atoms with Crippen LogP contribution >= 0.6 is 0 Å². The number of nitrogens with zero attached hydrogens (tertiary/aromatic N) is 1. The molecule has 0 aliphatic heterocycles. The Morgan fingerprint density at radius 2 is 2.11 bits per heavy atom. The lowest BCUT2D eigenvalue weighted by Gasteiger charge is -2.03. The van der Waals surface area contributed by atoms with Gasteiger partial charge in [0.05, 0.1) is 10.9 Å². The molecule has 0 spiro atoms. The molecule has 0 saturated carbocycles. The zero-order chi connectivity index (χ0) is 12.7. The van der Waals surface area contributed by atoms with E-state index in [-0.39, 0.29) is 11.2 Å². The highest BCUT2D eigenvalue weighted by Gasteiger charge is 2.13. The molecule has 90 valence electrons. The zero-order valence-electron chi connectivity index (χ0n) is 9.51. The Morgan fingerprint density at radius 1 is 1.28 bits per heavy atom. The maximum absolute atomic E-state index is 12.3. The first-order valence-electron chi connectivity index (χ1n) is 5.33. The number of fused-ring (bicyclic) bond motifs is 1. The third kappa shape index (κ3) is 1.41. The fourth-order valence-corrected chi connectivity index (χ4v) is 1.86.